The zero-order chi connectivity index (χ0) is 56.8. The monoisotopic (exact) mass is 1070 g/mol. The van der Waals surface area contributed by atoms with Crippen molar-refractivity contribution in [2.24, 2.45) is 45.9 Å². The van der Waals surface area contributed by atoms with E-state index in [9.17, 15) is 39.3 Å². The van der Waals surface area contributed by atoms with E-state index in [4.69, 9.17) is 19.2 Å². The molecule has 7 aliphatic rings. The van der Waals surface area contributed by atoms with Gasteiger partial charge in [-0.25, -0.2) is 0 Å². The number of carbonyl (C=O) groups excluding carboxylic acids is 5. The number of nitrogens with zero attached hydrogens (tertiary/aromatic N) is 3. The third-order valence-electron chi connectivity index (χ3n) is 17.3. The highest BCUT2D eigenvalue weighted by Gasteiger charge is 2.55. The normalized spacial score (nSPS) is 30.8. The van der Waals surface area contributed by atoms with Gasteiger partial charge in [-0.2, -0.15) is 0 Å². The van der Waals surface area contributed by atoms with Crippen LogP contribution >= 0.6 is 0 Å². The number of aliphatic hydroxyl groups is 2. The number of Topliss-reactive ketones (excluding diaryl/α,β-unsaturated/α-hetero) is 2. The Morgan fingerprint density at radius 1 is 0.872 bits per heavy atom. The zero-order valence-electron chi connectivity index (χ0n) is 47.6. The number of esters is 1. The van der Waals surface area contributed by atoms with E-state index in [0.717, 1.165) is 26.2 Å². The van der Waals surface area contributed by atoms with Gasteiger partial charge in [-0.3, -0.25) is 33.9 Å². The molecule has 6 aliphatic heterocycles. The van der Waals surface area contributed by atoms with E-state index in [0.29, 0.717) is 44.7 Å². The van der Waals surface area contributed by atoms with Gasteiger partial charge < -0.3 is 50.4 Å². The van der Waals surface area contributed by atoms with Gasteiger partial charge in [0.1, 0.15) is 34.4 Å². The van der Waals surface area contributed by atoms with E-state index >= 15 is 0 Å². The van der Waals surface area contributed by atoms with Crippen molar-refractivity contribution in [3.8, 4) is 11.5 Å². The Morgan fingerprint density at radius 2 is 1.54 bits per heavy atom. The van der Waals surface area contributed by atoms with E-state index in [1.165, 1.54) is 32.6 Å². The first-order chi connectivity index (χ1) is 36.8. The SMILES string of the molecule is C/C1=C/C=C/[C@H](C)[C@H](O)[C@@H](C)[C@@H](O)[C@@H](C)[C@H](OC(=O)C(C)(C)C(=O)NC2CCN(Cc3ccccc3)CC2)[C@H](C)[C@@H](C)/C=C/O[C@@]2(C)Oc3c(C)c(O)c4c(c3C2=O)C2=NC3(CCN(CC(C)C)CC3)NC2=C(NC1=O)C4=O. The summed E-state index contributed by atoms with van der Waals surface area (Å²) in [6.07, 6.45) is 7.17. The molecule has 5 bridgehead atoms. The Hall–Kier alpha value is -6.14. The number of benzene rings is 2. The minimum absolute atomic E-state index is 0.0137. The summed E-state index contributed by atoms with van der Waals surface area (Å²) in [6.45, 7) is 25.6. The van der Waals surface area contributed by atoms with Crippen molar-refractivity contribution in [1.82, 2.24) is 25.8 Å². The van der Waals surface area contributed by atoms with Crippen LogP contribution in [0.1, 0.15) is 139 Å². The van der Waals surface area contributed by atoms with Crippen LogP contribution in [0.2, 0.25) is 0 Å². The third-order valence-corrected chi connectivity index (χ3v) is 17.3. The Balaban J connectivity index is 1.10. The molecule has 2 amide bonds. The average molecular weight is 1080 g/mol. The maximum atomic E-state index is 15.0. The van der Waals surface area contributed by atoms with Gasteiger partial charge in [0, 0.05) is 99.5 Å². The van der Waals surface area contributed by atoms with Gasteiger partial charge in [-0.05, 0) is 69.9 Å². The van der Waals surface area contributed by atoms with Crippen LogP contribution in [-0.4, -0.2) is 129 Å². The molecule has 2 fully saturated rings. The zero-order valence-corrected chi connectivity index (χ0v) is 47.6. The van der Waals surface area contributed by atoms with E-state index in [1.54, 1.807) is 58.9 Å². The van der Waals surface area contributed by atoms with E-state index in [-0.39, 0.29) is 56.7 Å². The summed E-state index contributed by atoms with van der Waals surface area (Å²) < 4.78 is 19.0. The summed E-state index contributed by atoms with van der Waals surface area (Å²) in [7, 11) is 0. The quantitative estimate of drug-likeness (QED) is 0.115. The molecule has 0 saturated carbocycles. The number of aliphatic hydroxyl groups excluding tert-OH is 2. The third kappa shape index (κ3) is 11.5. The summed E-state index contributed by atoms with van der Waals surface area (Å²) in [5.41, 5.74) is -0.669. The van der Waals surface area contributed by atoms with Crippen molar-refractivity contribution in [2.45, 2.75) is 151 Å². The molecule has 9 rings (SSSR count). The minimum atomic E-state index is -1.99. The summed E-state index contributed by atoms with van der Waals surface area (Å²) in [4.78, 5) is 82.4. The van der Waals surface area contributed by atoms with E-state index in [2.05, 4.69) is 51.7 Å². The van der Waals surface area contributed by atoms with Crippen LogP contribution in [0.5, 0.6) is 11.5 Å². The summed E-state index contributed by atoms with van der Waals surface area (Å²) in [6, 6.07) is 10.1. The number of fused-ring (bicyclic) bond motifs is 13. The first-order valence-corrected chi connectivity index (χ1v) is 28.0. The average Bonchev–Trinajstić information content (AvgIpc) is 3.91. The van der Waals surface area contributed by atoms with Crippen LogP contribution < -0.4 is 20.7 Å². The molecule has 6 heterocycles. The highest BCUT2D eigenvalue weighted by molar-refractivity contribution is 6.34. The number of hydrogen-bond donors (Lipinski definition) is 6. The number of aromatic hydroxyl groups is 1. The molecule has 2 aromatic rings. The Morgan fingerprint density at radius 3 is 2.19 bits per heavy atom. The maximum absolute atomic E-state index is 15.0. The summed E-state index contributed by atoms with van der Waals surface area (Å²) in [5.74, 6) is -8.20. The number of amides is 2. The van der Waals surface area contributed by atoms with Crippen LogP contribution in [0.15, 0.2) is 82.9 Å². The van der Waals surface area contributed by atoms with Gasteiger partial charge in [0.2, 0.25) is 11.7 Å². The second kappa shape index (κ2) is 22.9. The smallest absolute Gasteiger partial charge is 0.321 e. The van der Waals surface area contributed by atoms with Crippen LogP contribution in [0.3, 0.4) is 0 Å². The van der Waals surface area contributed by atoms with Crippen molar-refractivity contribution in [2.75, 3.05) is 32.7 Å². The molecular formula is C61H82N6O11. The molecule has 9 atom stereocenters. The predicted octanol–water partition coefficient (Wildman–Crippen LogP) is 7.02. The second-order valence-electron chi connectivity index (χ2n) is 24.1. The van der Waals surface area contributed by atoms with Gasteiger partial charge >= 0.3 is 11.8 Å². The Kier molecular flexibility index (Phi) is 17.0. The summed E-state index contributed by atoms with van der Waals surface area (Å²) >= 11 is 0. The first-order valence-electron chi connectivity index (χ1n) is 28.0. The van der Waals surface area contributed by atoms with Crippen LogP contribution in [0.4, 0.5) is 0 Å². The van der Waals surface area contributed by atoms with Crippen molar-refractivity contribution in [3.05, 3.63) is 106 Å². The molecule has 6 N–H and O–H groups in total. The Bertz CT molecular complexity index is 2820. The number of piperidine rings is 2. The Labute approximate surface area is 459 Å². The molecule has 1 spiro atoms. The molecule has 78 heavy (non-hydrogen) atoms. The maximum Gasteiger partial charge on any atom is 0.321 e. The van der Waals surface area contributed by atoms with Crippen LogP contribution in [0, 0.1) is 47.8 Å². The standard InChI is InChI=1S/C61H82N6O11/c1-33(2)31-67-28-24-61(25-29-67)64-46-43-44-51(70)40(9)54-45(43)55(72)60(12,78-54)76-30-23-34(3)37(6)53(77-58(75)59(10,11)57(74)62-42-21-26-66(27-22-42)32-41-19-14-13-15-20-41)39(8)50(69)38(7)49(68)35(4)17-16-18-36(5)56(73)63-48(52(44)71)47(46)65-61/h13-20,23,30,33-35,37-39,42,49-50,53,65,68-70H,21-22,24-29,31-32H2,1-12H3,(H,62,74)(H,63,73)/b17-16+,30-23+,36-18-/t34-,35-,37+,38+,39+,49-,50+,53+,60-/m0/s1. The number of allylic oxidation sites excluding steroid dienone is 5. The fourth-order valence-corrected chi connectivity index (χ4v) is 11.8. The number of aliphatic imine (C=N–C) groups is 1. The van der Waals surface area contributed by atoms with Gasteiger partial charge in [-0.1, -0.05) is 97.0 Å². The van der Waals surface area contributed by atoms with Gasteiger partial charge in [0.25, 0.3) is 11.7 Å². The molecule has 422 valence electrons. The number of hydrogen-bond acceptors (Lipinski definition) is 15. The number of likely N-dealkylation sites (tertiary alicyclic amines) is 2. The number of carbonyl (C=O) groups is 5. The van der Waals surface area contributed by atoms with Crippen molar-refractivity contribution >= 4 is 35.1 Å². The number of nitrogens with one attached hydrogen (secondary N) is 3. The molecular weight excluding hydrogens is 993 g/mol. The predicted molar refractivity (Wildman–Crippen MR) is 296 cm³/mol. The van der Waals surface area contributed by atoms with Gasteiger partial charge in [0.15, 0.2) is 0 Å². The number of ketones is 2. The lowest BCUT2D eigenvalue weighted by molar-refractivity contribution is -0.173. The largest absolute Gasteiger partial charge is 0.507 e. The number of ether oxygens (including phenoxy) is 3. The van der Waals surface area contributed by atoms with E-state index < -0.39 is 99.9 Å². The molecule has 1 aliphatic carbocycles. The van der Waals surface area contributed by atoms with E-state index in [1.807, 2.05) is 32.0 Å². The minimum Gasteiger partial charge on any atom is -0.507 e. The topological polar surface area (TPSA) is 229 Å². The molecule has 17 heteroatoms. The van der Waals surface area contributed by atoms with Gasteiger partial charge in [0.05, 0.1) is 41.0 Å². The lowest BCUT2D eigenvalue weighted by atomic mass is 9.76. The number of phenolic OH excluding ortho intramolecular Hbond substituents is 1. The highest BCUT2D eigenvalue weighted by Crippen LogP contribution is 2.50. The second-order valence-corrected chi connectivity index (χ2v) is 24.1. The van der Waals surface area contributed by atoms with Crippen molar-refractivity contribution in [3.63, 3.8) is 0 Å². The fourth-order valence-electron chi connectivity index (χ4n) is 11.8. The molecule has 2 saturated heterocycles. The molecule has 17 nitrogen and oxygen atoms in total. The highest BCUT2D eigenvalue weighted by atomic mass is 16.7. The molecule has 0 radical (unpaired) electrons. The molecule has 2 aromatic carbocycles. The van der Waals surface area contributed by atoms with Crippen LogP contribution in [-0.2, 0) is 30.4 Å². The number of phenols is 1. The molecule has 0 unspecified atom stereocenters. The number of rotatable bonds is 8. The lowest BCUT2D eigenvalue weighted by Crippen LogP contribution is -2.52. The van der Waals surface area contributed by atoms with Crippen LogP contribution in [0.25, 0.3) is 0 Å². The fraction of sp³-hybridized carbons (Fsp3) is 0.574. The van der Waals surface area contributed by atoms with Crippen molar-refractivity contribution < 1.29 is 53.5 Å². The van der Waals surface area contributed by atoms with Crippen molar-refractivity contribution in [1.29, 1.82) is 0 Å². The molecule has 0 aromatic heterocycles. The lowest BCUT2D eigenvalue weighted by Gasteiger charge is -2.39. The first kappa shape index (κ1) is 58.0. The van der Waals surface area contributed by atoms with Gasteiger partial charge in [-0.15, -0.1) is 0 Å². The summed E-state index contributed by atoms with van der Waals surface area (Å²) in [5, 5.41) is 45.3.